The van der Waals surface area contributed by atoms with Crippen LogP contribution >= 0.6 is 0 Å². The first-order valence-electron chi connectivity index (χ1n) is 7.11. The molecule has 0 heterocycles. The molecule has 0 radical (unpaired) electrons. The van der Waals surface area contributed by atoms with Gasteiger partial charge in [0.15, 0.2) is 0 Å². The lowest BCUT2D eigenvalue weighted by molar-refractivity contribution is -0.138. The van der Waals surface area contributed by atoms with E-state index in [0.29, 0.717) is 6.54 Å². The van der Waals surface area contributed by atoms with Crippen molar-refractivity contribution in [3.63, 3.8) is 0 Å². The number of carboxylic acid groups (broad SMARTS) is 1. The van der Waals surface area contributed by atoms with E-state index in [1.807, 2.05) is 39.5 Å². The minimum atomic E-state index is -0.835. The van der Waals surface area contributed by atoms with Gasteiger partial charge in [-0.3, -0.25) is 14.5 Å². The Kier molecular flexibility index (Phi) is 8.39. The second-order valence-electron chi connectivity index (χ2n) is 5.17. The van der Waals surface area contributed by atoms with Crippen LogP contribution in [0.15, 0.2) is 0 Å². The Morgan fingerprint density at radius 1 is 1.16 bits per heavy atom. The Morgan fingerprint density at radius 3 is 2.05 bits per heavy atom. The monoisotopic (exact) mass is 272 g/mol. The van der Waals surface area contributed by atoms with Crippen LogP contribution < -0.4 is 5.32 Å². The molecule has 0 saturated carbocycles. The van der Waals surface area contributed by atoms with Gasteiger partial charge in [-0.2, -0.15) is 0 Å². The van der Waals surface area contributed by atoms with Crippen LogP contribution in [0, 0.1) is 0 Å². The number of hydrogen-bond acceptors (Lipinski definition) is 3. The maximum Gasteiger partial charge on any atom is 0.304 e. The van der Waals surface area contributed by atoms with Crippen LogP contribution in [0.3, 0.4) is 0 Å². The Labute approximate surface area is 116 Å². The van der Waals surface area contributed by atoms with Crippen LogP contribution in [0.2, 0.25) is 0 Å². The summed E-state index contributed by atoms with van der Waals surface area (Å²) in [6.45, 7) is 10.3. The minimum Gasteiger partial charge on any atom is -0.481 e. The average Bonchev–Trinajstić information content (AvgIpc) is 2.34. The zero-order valence-electron chi connectivity index (χ0n) is 12.8. The van der Waals surface area contributed by atoms with Gasteiger partial charge < -0.3 is 10.4 Å². The van der Waals surface area contributed by atoms with E-state index in [2.05, 4.69) is 5.32 Å². The van der Waals surface area contributed by atoms with E-state index < -0.39 is 5.97 Å². The van der Waals surface area contributed by atoms with Crippen LogP contribution in [0.25, 0.3) is 0 Å². The predicted octanol–water partition coefficient (Wildman–Crippen LogP) is 1.86. The van der Waals surface area contributed by atoms with Gasteiger partial charge in [-0.15, -0.1) is 0 Å². The van der Waals surface area contributed by atoms with Crippen molar-refractivity contribution in [3.8, 4) is 0 Å². The smallest absolute Gasteiger partial charge is 0.304 e. The first-order valence-corrected chi connectivity index (χ1v) is 7.11. The van der Waals surface area contributed by atoms with Gasteiger partial charge in [0, 0.05) is 18.6 Å². The van der Waals surface area contributed by atoms with E-state index in [0.717, 1.165) is 12.8 Å². The summed E-state index contributed by atoms with van der Waals surface area (Å²) in [6, 6.07) is 0.0326. The summed E-state index contributed by atoms with van der Waals surface area (Å²) in [5, 5.41) is 11.8. The number of amides is 1. The van der Waals surface area contributed by atoms with Crippen LogP contribution in [0.1, 0.15) is 53.9 Å². The highest BCUT2D eigenvalue weighted by Crippen LogP contribution is 2.08. The van der Waals surface area contributed by atoms with Crippen molar-refractivity contribution in [2.24, 2.45) is 0 Å². The molecule has 1 unspecified atom stereocenters. The van der Waals surface area contributed by atoms with Crippen LogP contribution in [0.4, 0.5) is 0 Å². The quantitative estimate of drug-likeness (QED) is 0.672. The highest BCUT2D eigenvalue weighted by molar-refractivity contribution is 5.81. The molecule has 0 aliphatic carbocycles. The third-order valence-electron chi connectivity index (χ3n) is 3.46. The summed E-state index contributed by atoms with van der Waals surface area (Å²) in [6.07, 6.45) is 1.87. The summed E-state index contributed by atoms with van der Waals surface area (Å²) >= 11 is 0. The van der Waals surface area contributed by atoms with Crippen molar-refractivity contribution in [1.82, 2.24) is 10.2 Å². The van der Waals surface area contributed by atoms with Gasteiger partial charge >= 0.3 is 5.97 Å². The molecule has 0 fully saturated rings. The van der Waals surface area contributed by atoms with Gasteiger partial charge in [-0.1, -0.05) is 13.8 Å². The number of hydrogen-bond donors (Lipinski definition) is 2. The fraction of sp³-hybridized carbons (Fsp3) is 0.857. The second-order valence-corrected chi connectivity index (χ2v) is 5.17. The molecule has 1 atom stereocenters. The molecule has 0 spiro atoms. The van der Waals surface area contributed by atoms with Gasteiger partial charge in [0.2, 0.25) is 5.91 Å². The SMILES string of the molecule is CCC(CC)NC(=O)C(C)N(CCC(=O)O)C(C)C. The third-order valence-corrected chi connectivity index (χ3v) is 3.46. The number of aliphatic carboxylic acids is 1. The molecule has 0 aromatic heterocycles. The molecule has 2 N–H and O–H groups in total. The summed E-state index contributed by atoms with van der Waals surface area (Å²) in [5.41, 5.74) is 0. The van der Waals surface area contributed by atoms with Crippen molar-refractivity contribution in [3.05, 3.63) is 0 Å². The molecule has 0 aliphatic rings. The van der Waals surface area contributed by atoms with E-state index in [1.54, 1.807) is 0 Å². The highest BCUT2D eigenvalue weighted by atomic mass is 16.4. The normalized spacial score (nSPS) is 13.1. The van der Waals surface area contributed by atoms with E-state index in [1.165, 1.54) is 0 Å². The molecule has 0 bridgehead atoms. The van der Waals surface area contributed by atoms with E-state index in [9.17, 15) is 9.59 Å². The van der Waals surface area contributed by atoms with Gasteiger partial charge in [0.25, 0.3) is 0 Å². The Balaban J connectivity index is 4.56. The standard InChI is InChI=1S/C14H28N2O3/c1-6-12(7-2)15-14(19)11(5)16(10(3)4)9-8-13(17)18/h10-12H,6-9H2,1-5H3,(H,15,19)(H,17,18). The summed E-state index contributed by atoms with van der Waals surface area (Å²) in [4.78, 5) is 24.7. The summed E-state index contributed by atoms with van der Waals surface area (Å²) < 4.78 is 0. The topological polar surface area (TPSA) is 69.6 Å². The molecule has 19 heavy (non-hydrogen) atoms. The molecular formula is C14H28N2O3. The first-order chi connectivity index (χ1) is 8.83. The lowest BCUT2D eigenvalue weighted by Crippen LogP contribution is -2.50. The van der Waals surface area contributed by atoms with Crippen LogP contribution in [-0.2, 0) is 9.59 Å². The lowest BCUT2D eigenvalue weighted by Gasteiger charge is -2.32. The largest absolute Gasteiger partial charge is 0.481 e. The molecule has 1 amide bonds. The first kappa shape index (κ1) is 17.9. The number of carboxylic acids is 1. The van der Waals surface area contributed by atoms with Gasteiger partial charge in [0.1, 0.15) is 0 Å². The molecule has 0 rings (SSSR count). The number of nitrogens with one attached hydrogen (secondary N) is 1. The Hall–Kier alpha value is -1.10. The molecule has 5 heteroatoms. The van der Waals surface area contributed by atoms with Crippen molar-refractivity contribution in [1.29, 1.82) is 0 Å². The molecule has 5 nitrogen and oxygen atoms in total. The highest BCUT2D eigenvalue weighted by Gasteiger charge is 2.25. The van der Waals surface area contributed by atoms with Gasteiger partial charge in [-0.05, 0) is 33.6 Å². The number of carbonyl (C=O) groups is 2. The van der Waals surface area contributed by atoms with Crippen molar-refractivity contribution >= 4 is 11.9 Å². The van der Waals surface area contributed by atoms with Crippen LogP contribution in [-0.4, -0.2) is 46.6 Å². The summed E-state index contributed by atoms with van der Waals surface area (Å²) in [7, 11) is 0. The van der Waals surface area contributed by atoms with Crippen molar-refractivity contribution in [2.45, 2.75) is 72.0 Å². The van der Waals surface area contributed by atoms with Crippen molar-refractivity contribution in [2.75, 3.05) is 6.54 Å². The molecule has 0 aromatic rings. The fourth-order valence-corrected chi connectivity index (χ4v) is 2.09. The predicted molar refractivity (Wildman–Crippen MR) is 76.1 cm³/mol. The van der Waals surface area contributed by atoms with E-state index >= 15 is 0 Å². The van der Waals surface area contributed by atoms with E-state index in [4.69, 9.17) is 5.11 Å². The van der Waals surface area contributed by atoms with Crippen molar-refractivity contribution < 1.29 is 14.7 Å². The zero-order valence-corrected chi connectivity index (χ0v) is 12.8. The third kappa shape index (κ3) is 6.57. The van der Waals surface area contributed by atoms with Gasteiger partial charge in [-0.25, -0.2) is 0 Å². The lowest BCUT2D eigenvalue weighted by atomic mass is 10.1. The molecule has 112 valence electrons. The van der Waals surface area contributed by atoms with Crippen LogP contribution in [0.5, 0.6) is 0 Å². The molecule has 0 aromatic carbocycles. The number of carbonyl (C=O) groups excluding carboxylic acids is 1. The average molecular weight is 272 g/mol. The maximum absolute atomic E-state index is 12.2. The Bertz CT molecular complexity index is 288. The second kappa shape index (κ2) is 8.91. The van der Waals surface area contributed by atoms with E-state index in [-0.39, 0.29) is 30.5 Å². The molecule has 0 aliphatic heterocycles. The number of nitrogens with zero attached hydrogens (tertiary/aromatic N) is 1. The van der Waals surface area contributed by atoms with Gasteiger partial charge in [0.05, 0.1) is 12.5 Å². The molecular weight excluding hydrogens is 244 g/mol. The maximum atomic E-state index is 12.2. The number of rotatable bonds is 9. The zero-order chi connectivity index (χ0) is 15.0. The minimum absolute atomic E-state index is 0.0206. The Morgan fingerprint density at radius 2 is 1.68 bits per heavy atom. The summed E-state index contributed by atoms with van der Waals surface area (Å²) in [5.74, 6) is -0.856. The molecule has 0 saturated heterocycles. The fourth-order valence-electron chi connectivity index (χ4n) is 2.09.